The molecule has 0 aromatic heterocycles. The third-order valence-electron chi connectivity index (χ3n) is 1.96. The molecule has 0 spiro atoms. The van der Waals surface area contributed by atoms with Gasteiger partial charge in [-0.2, -0.15) is 0 Å². The second-order valence-electron chi connectivity index (χ2n) is 2.89. The largest absolute Gasteiger partial charge is 0.388 e. The van der Waals surface area contributed by atoms with Gasteiger partial charge in [0.1, 0.15) is 0 Å². The van der Waals surface area contributed by atoms with Crippen LogP contribution in [0.1, 0.15) is 31.9 Å². The first-order chi connectivity index (χ1) is 6.29. The second-order valence-corrected chi connectivity index (χ2v) is 4.20. The number of aliphatic hydroxyl groups is 1. The molecule has 0 saturated heterocycles. The van der Waals surface area contributed by atoms with Gasteiger partial charge in [-0.15, -0.1) is 11.8 Å². The van der Waals surface area contributed by atoms with Crippen molar-refractivity contribution >= 4 is 11.8 Å². The van der Waals surface area contributed by atoms with Crippen molar-refractivity contribution in [3.8, 4) is 0 Å². The molecule has 0 radical (unpaired) electrons. The molecule has 72 valence electrons. The zero-order valence-electron chi connectivity index (χ0n) is 8.16. The van der Waals surface area contributed by atoms with Gasteiger partial charge in [0.05, 0.1) is 6.10 Å². The number of hydrogen-bond acceptors (Lipinski definition) is 2. The number of rotatable bonds is 4. The second kappa shape index (κ2) is 5.30. The van der Waals surface area contributed by atoms with Gasteiger partial charge in [-0.3, -0.25) is 0 Å². The maximum absolute atomic E-state index is 9.72. The van der Waals surface area contributed by atoms with Crippen LogP contribution in [0, 0.1) is 0 Å². The predicted molar refractivity (Wildman–Crippen MR) is 58.1 cm³/mol. The van der Waals surface area contributed by atoms with E-state index in [0.717, 1.165) is 17.7 Å². The van der Waals surface area contributed by atoms with E-state index in [1.807, 2.05) is 25.1 Å². The Labute approximate surface area is 84.2 Å². The standard InChI is InChI=1S/C11H16OS/c1-3-10(12)9-7-5-6-8-11(9)13-4-2/h5-8,10,12H,3-4H2,1-2H3/t10-/m0/s1. The minimum Gasteiger partial charge on any atom is -0.388 e. The van der Waals surface area contributed by atoms with Gasteiger partial charge in [-0.25, -0.2) is 0 Å². The average molecular weight is 196 g/mol. The first kappa shape index (κ1) is 10.6. The lowest BCUT2D eigenvalue weighted by Gasteiger charge is -2.12. The fourth-order valence-corrected chi connectivity index (χ4v) is 2.12. The van der Waals surface area contributed by atoms with Crippen LogP contribution in [-0.4, -0.2) is 10.9 Å². The van der Waals surface area contributed by atoms with E-state index < -0.39 is 0 Å². The van der Waals surface area contributed by atoms with Crippen LogP contribution in [-0.2, 0) is 0 Å². The van der Waals surface area contributed by atoms with E-state index in [1.165, 1.54) is 4.90 Å². The van der Waals surface area contributed by atoms with Gasteiger partial charge in [-0.05, 0) is 23.8 Å². The summed E-state index contributed by atoms with van der Waals surface area (Å²) in [5.41, 5.74) is 1.07. The lowest BCUT2D eigenvalue weighted by Crippen LogP contribution is -1.97. The van der Waals surface area contributed by atoms with Crippen LogP contribution in [0.25, 0.3) is 0 Å². The minimum absolute atomic E-state index is 0.310. The minimum atomic E-state index is -0.310. The highest BCUT2D eigenvalue weighted by molar-refractivity contribution is 7.99. The molecule has 0 bridgehead atoms. The summed E-state index contributed by atoms with van der Waals surface area (Å²) in [6, 6.07) is 8.08. The SMILES string of the molecule is CCSc1ccccc1[C@@H](O)CC. The van der Waals surface area contributed by atoms with Crippen LogP contribution >= 0.6 is 11.8 Å². The predicted octanol–water partition coefficient (Wildman–Crippen LogP) is 3.24. The van der Waals surface area contributed by atoms with Gasteiger partial charge in [0.25, 0.3) is 0 Å². The van der Waals surface area contributed by atoms with Gasteiger partial charge in [-0.1, -0.05) is 32.0 Å². The number of benzene rings is 1. The van der Waals surface area contributed by atoms with Gasteiger partial charge < -0.3 is 5.11 Å². The van der Waals surface area contributed by atoms with Gasteiger partial charge in [0.15, 0.2) is 0 Å². The molecule has 0 saturated carbocycles. The summed E-state index contributed by atoms with van der Waals surface area (Å²) >= 11 is 1.79. The van der Waals surface area contributed by atoms with Gasteiger partial charge in [0.2, 0.25) is 0 Å². The quantitative estimate of drug-likeness (QED) is 0.746. The molecule has 1 N–H and O–H groups in total. The molecule has 1 atom stereocenters. The molecule has 0 amide bonds. The maximum atomic E-state index is 9.72. The van der Waals surface area contributed by atoms with Crippen LogP contribution in [0.5, 0.6) is 0 Å². The summed E-state index contributed by atoms with van der Waals surface area (Å²) in [5.74, 6) is 1.05. The molecule has 0 fully saturated rings. The topological polar surface area (TPSA) is 20.2 Å². The summed E-state index contributed by atoms with van der Waals surface area (Å²) in [6.45, 7) is 4.12. The van der Waals surface area contributed by atoms with E-state index in [4.69, 9.17) is 0 Å². The molecule has 0 aliphatic heterocycles. The Kier molecular flexibility index (Phi) is 4.33. The van der Waals surface area contributed by atoms with Crippen LogP contribution < -0.4 is 0 Å². The monoisotopic (exact) mass is 196 g/mol. The summed E-state index contributed by atoms with van der Waals surface area (Å²) < 4.78 is 0. The van der Waals surface area contributed by atoms with Crippen LogP contribution in [0.3, 0.4) is 0 Å². The summed E-state index contributed by atoms with van der Waals surface area (Å²) in [4.78, 5) is 1.21. The summed E-state index contributed by atoms with van der Waals surface area (Å²) in [5, 5.41) is 9.72. The van der Waals surface area contributed by atoms with Crippen molar-refractivity contribution in [2.75, 3.05) is 5.75 Å². The van der Waals surface area contributed by atoms with Gasteiger partial charge >= 0.3 is 0 Å². The van der Waals surface area contributed by atoms with Crippen molar-refractivity contribution in [1.82, 2.24) is 0 Å². The number of hydrogen-bond donors (Lipinski definition) is 1. The van der Waals surface area contributed by atoms with Crippen molar-refractivity contribution in [1.29, 1.82) is 0 Å². The molecule has 0 aliphatic carbocycles. The Morgan fingerprint density at radius 1 is 1.31 bits per heavy atom. The highest BCUT2D eigenvalue weighted by Crippen LogP contribution is 2.28. The molecule has 0 aliphatic rings. The third-order valence-corrected chi connectivity index (χ3v) is 2.94. The molecule has 1 nitrogen and oxygen atoms in total. The highest BCUT2D eigenvalue weighted by atomic mass is 32.2. The molecule has 2 heteroatoms. The van der Waals surface area contributed by atoms with E-state index in [1.54, 1.807) is 11.8 Å². The highest BCUT2D eigenvalue weighted by Gasteiger charge is 2.08. The molecular formula is C11H16OS. The molecule has 0 heterocycles. The number of thioether (sulfide) groups is 1. The summed E-state index contributed by atoms with van der Waals surface area (Å²) in [7, 11) is 0. The average Bonchev–Trinajstić information content (AvgIpc) is 2.18. The van der Waals surface area contributed by atoms with Crippen LogP contribution in [0.4, 0.5) is 0 Å². The molecule has 13 heavy (non-hydrogen) atoms. The molecule has 1 aromatic carbocycles. The van der Waals surface area contributed by atoms with E-state index in [9.17, 15) is 5.11 Å². The first-order valence-electron chi connectivity index (χ1n) is 4.69. The Hall–Kier alpha value is -0.470. The zero-order valence-corrected chi connectivity index (χ0v) is 8.97. The summed E-state index contributed by atoms with van der Waals surface area (Å²) in [6.07, 6.45) is 0.469. The molecule has 0 unspecified atom stereocenters. The van der Waals surface area contributed by atoms with Crippen molar-refractivity contribution in [3.63, 3.8) is 0 Å². The van der Waals surface area contributed by atoms with Gasteiger partial charge in [0, 0.05) is 4.90 Å². The first-order valence-corrected chi connectivity index (χ1v) is 5.68. The Bertz CT molecular complexity index is 260. The number of aliphatic hydroxyl groups excluding tert-OH is 1. The van der Waals surface area contributed by atoms with Crippen molar-refractivity contribution in [3.05, 3.63) is 29.8 Å². The molecule has 1 aromatic rings. The van der Waals surface area contributed by atoms with Crippen LogP contribution in [0.15, 0.2) is 29.2 Å². The van der Waals surface area contributed by atoms with Crippen LogP contribution in [0.2, 0.25) is 0 Å². The maximum Gasteiger partial charge on any atom is 0.0798 e. The fraction of sp³-hybridized carbons (Fsp3) is 0.455. The third kappa shape index (κ3) is 2.75. The Balaban J connectivity index is 2.90. The molecule has 1 rings (SSSR count). The van der Waals surface area contributed by atoms with Crippen molar-refractivity contribution < 1.29 is 5.11 Å². The zero-order chi connectivity index (χ0) is 9.68. The lowest BCUT2D eigenvalue weighted by atomic mass is 10.1. The Morgan fingerprint density at radius 2 is 2.00 bits per heavy atom. The van der Waals surface area contributed by atoms with E-state index in [2.05, 4.69) is 13.0 Å². The van der Waals surface area contributed by atoms with Crippen molar-refractivity contribution in [2.24, 2.45) is 0 Å². The smallest absolute Gasteiger partial charge is 0.0798 e. The van der Waals surface area contributed by atoms with E-state index >= 15 is 0 Å². The van der Waals surface area contributed by atoms with E-state index in [0.29, 0.717) is 0 Å². The normalized spacial score (nSPS) is 12.8. The van der Waals surface area contributed by atoms with Crippen molar-refractivity contribution in [2.45, 2.75) is 31.3 Å². The van der Waals surface area contributed by atoms with E-state index in [-0.39, 0.29) is 6.10 Å². The Morgan fingerprint density at radius 3 is 2.62 bits per heavy atom. The molecular weight excluding hydrogens is 180 g/mol. The fourth-order valence-electron chi connectivity index (χ4n) is 1.26. The lowest BCUT2D eigenvalue weighted by molar-refractivity contribution is 0.171.